The second-order valence-electron chi connectivity index (χ2n) is 4.76. The number of carbonyl (C=O) groups excluding carboxylic acids is 1. The van der Waals surface area contributed by atoms with Crippen LogP contribution in [0, 0.1) is 0 Å². The lowest BCUT2D eigenvalue weighted by molar-refractivity contribution is -0.136. The molecule has 22 heavy (non-hydrogen) atoms. The molecular weight excluding hydrogens is 280 g/mol. The molecular formula is C17H16N2O3. The largest absolute Gasteiger partial charge is 0.481 e. The lowest BCUT2D eigenvalue weighted by atomic mass is 10.1. The lowest BCUT2D eigenvalue weighted by Crippen LogP contribution is -2.08. The summed E-state index contributed by atoms with van der Waals surface area (Å²) in [6.07, 6.45) is 3.08. The van der Waals surface area contributed by atoms with Crippen molar-refractivity contribution in [2.45, 2.75) is 6.42 Å². The predicted molar refractivity (Wildman–Crippen MR) is 86.3 cm³/mol. The minimum atomic E-state index is -0.886. The fourth-order valence-corrected chi connectivity index (χ4v) is 1.84. The maximum atomic E-state index is 11.8. The molecule has 2 aromatic carbocycles. The Morgan fingerprint density at radius 2 is 1.68 bits per heavy atom. The second kappa shape index (κ2) is 7.08. The molecule has 0 aliphatic rings. The van der Waals surface area contributed by atoms with E-state index in [4.69, 9.17) is 10.8 Å². The van der Waals surface area contributed by atoms with Crippen LogP contribution in [0.15, 0.2) is 54.6 Å². The van der Waals surface area contributed by atoms with Gasteiger partial charge in [0.25, 0.3) is 0 Å². The van der Waals surface area contributed by atoms with Gasteiger partial charge in [-0.25, -0.2) is 0 Å². The van der Waals surface area contributed by atoms with Crippen molar-refractivity contribution in [3.63, 3.8) is 0 Å². The fraction of sp³-hybridized carbons (Fsp3) is 0.0588. The van der Waals surface area contributed by atoms with Crippen molar-refractivity contribution in [3.05, 3.63) is 65.7 Å². The van der Waals surface area contributed by atoms with Crippen molar-refractivity contribution in [1.29, 1.82) is 0 Å². The van der Waals surface area contributed by atoms with Crippen LogP contribution in [-0.2, 0) is 16.0 Å². The van der Waals surface area contributed by atoms with Gasteiger partial charge >= 0.3 is 5.97 Å². The summed E-state index contributed by atoms with van der Waals surface area (Å²) in [5, 5.41) is 11.4. The molecule has 0 atom stereocenters. The van der Waals surface area contributed by atoms with E-state index in [0.29, 0.717) is 16.9 Å². The zero-order valence-electron chi connectivity index (χ0n) is 11.8. The first-order chi connectivity index (χ1) is 10.5. The third-order valence-electron chi connectivity index (χ3n) is 2.94. The van der Waals surface area contributed by atoms with Gasteiger partial charge in [-0.3, -0.25) is 9.59 Å². The van der Waals surface area contributed by atoms with E-state index >= 15 is 0 Å². The molecule has 0 fully saturated rings. The number of rotatable bonds is 5. The average molecular weight is 296 g/mol. The molecule has 0 heterocycles. The van der Waals surface area contributed by atoms with Crippen molar-refractivity contribution in [3.8, 4) is 0 Å². The molecule has 0 saturated carbocycles. The molecule has 0 saturated heterocycles. The summed E-state index contributed by atoms with van der Waals surface area (Å²) in [5.74, 6) is -1.15. The fourth-order valence-electron chi connectivity index (χ4n) is 1.84. The molecule has 2 aromatic rings. The monoisotopic (exact) mass is 296 g/mol. The number of nitrogens with two attached hydrogens (primary N) is 1. The summed E-state index contributed by atoms with van der Waals surface area (Å²) in [5.41, 5.74) is 8.43. The summed E-state index contributed by atoms with van der Waals surface area (Å²) >= 11 is 0. The average Bonchev–Trinajstić information content (AvgIpc) is 2.48. The number of hydrogen-bond acceptors (Lipinski definition) is 3. The summed E-state index contributed by atoms with van der Waals surface area (Å²) < 4.78 is 0. The molecule has 0 aliphatic carbocycles. The highest BCUT2D eigenvalue weighted by Gasteiger charge is 2.01. The van der Waals surface area contributed by atoms with Gasteiger partial charge < -0.3 is 16.2 Å². The van der Waals surface area contributed by atoms with Gasteiger partial charge in [0.1, 0.15) is 0 Å². The standard InChI is InChI=1S/C17H16N2O3/c18-14-6-1-12(2-7-14)5-10-16(20)19-15-8-3-13(4-9-15)11-17(21)22/h1-10H,11,18H2,(H,19,20)(H,21,22)/b10-5+. The van der Waals surface area contributed by atoms with Gasteiger partial charge in [-0.15, -0.1) is 0 Å². The Balaban J connectivity index is 1.94. The summed E-state index contributed by atoms with van der Waals surface area (Å²) in [6, 6.07) is 13.9. The van der Waals surface area contributed by atoms with Crippen molar-refractivity contribution in [2.75, 3.05) is 11.1 Å². The maximum Gasteiger partial charge on any atom is 0.307 e. The number of amides is 1. The molecule has 0 unspecified atom stereocenters. The highest BCUT2D eigenvalue weighted by Crippen LogP contribution is 2.11. The number of aliphatic carboxylic acids is 1. The van der Waals surface area contributed by atoms with Crippen LogP contribution in [0.1, 0.15) is 11.1 Å². The van der Waals surface area contributed by atoms with Crippen molar-refractivity contribution in [1.82, 2.24) is 0 Å². The van der Waals surface area contributed by atoms with Gasteiger partial charge in [-0.05, 0) is 41.5 Å². The number of carboxylic acids is 1. The zero-order valence-corrected chi connectivity index (χ0v) is 11.8. The molecule has 4 N–H and O–H groups in total. The van der Waals surface area contributed by atoms with E-state index in [2.05, 4.69) is 5.32 Å². The molecule has 5 nitrogen and oxygen atoms in total. The number of carbonyl (C=O) groups is 2. The van der Waals surface area contributed by atoms with E-state index in [0.717, 1.165) is 5.56 Å². The first-order valence-electron chi connectivity index (χ1n) is 6.68. The molecule has 0 aromatic heterocycles. The number of nitrogen functional groups attached to an aromatic ring is 1. The van der Waals surface area contributed by atoms with Crippen LogP contribution in [0.5, 0.6) is 0 Å². The van der Waals surface area contributed by atoms with Crippen LogP contribution in [-0.4, -0.2) is 17.0 Å². The highest BCUT2D eigenvalue weighted by molar-refractivity contribution is 6.01. The van der Waals surface area contributed by atoms with E-state index in [9.17, 15) is 9.59 Å². The normalized spacial score (nSPS) is 10.5. The molecule has 1 amide bonds. The van der Waals surface area contributed by atoms with Crippen LogP contribution in [0.3, 0.4) is 0 Å². The van der Waals surface area contributed by atoms with Gasteiger partial charge in [0, 0.05) is 17.5 Å². The summed E-state index contributed by atoms with van der Waals surface area (Å²) in [6.45, 7) is 0. The number of nitrogens with one attached hydrogen (secondary N) is 1. The Bertz CT molecular complexity index is 689. The minimum Gasteiger partial charge on any atom is -0.481 e. The van der Waals surface area contributed by atoms with Crippen LogP contribution >= 0.6 is 0 Å². The first-order valence-corrected chi connectivity index (χ1v) is 6.68. The van der Waals surface area contributed by atoms with E-state index < -0.39 is 5.97 Å². The Kier molecular flexibility index (Phi) is 4.93. The predicted octanol–water partition coefficient (Wildman–Crippen LogP) is 2.55. The molecule has 112 valence electrons. The Labute approximate surface area is 128 Å². The van der Waals surface area contributed by atoms with Gasteiger partial charge in [-0.1, -0.05) is 24.3 Å². The van der Waals surface area contributed by atoms with Crippen molar-refractivity contribution >= 4 is 29.3 Å². The maximum absolute atomic E-state index is 11.8. The molecule has 0 aliphatic heterocycles. The number of anilines is 2. The molecule has 5 heteroatoms. The quantitative estimate of drug-likeness (QED) is 0.584. The summed E-state index contributed by atoms with van der Waals surface area (Å²) in [4.78, 5) is 22.4. The van der Waals surface area contributed by atoms with Crippen LogP contribution < -0.4 is 11.1 Å². The SMILES string of the molecule is Nc1ccc(/C=C/C(=O)Nc2ccc(CC(=O)O)cc2)cc1. The van der Waals surface area contributed by atoms with E-state index in [-0.39, 0.29) is 12.3 Å². The van der Waals surface area contributed by atoms with Crippen molar-refractivity contribution in [2.24, 2.45) is 0 Å². The van der Waals surface area contributed by atoms with Gasteiger partial charge in [-0.2, -0.15) is 0 Å². The summed E-state index contributed by atoms with van der Waals surface area (Å²) in [7, 11) is 0. The topological polar surface area (TPSA) is 92.4 Å². The zero-order chi connectivity index (χ0) is 15.9. The van der Waals surface area contributed by atoms with Crippen LogP contribution in [0.25, 0.3) is 6.08 Å². The van der Waals surface area contributed by atoms with E-state index in [1.165, 1.54) is 6.08 Å². The van der Waals surface area contributed by atoms with Gasteiger partial charge in [0.15, 0.2) is 0 Å². The number of benzene rings is 2. The molecule has 2 rings (SSSR count). The van der Waals surface area contributed by atoms with Crippen LogP contribution in [0.4, 0.5) is 11.4 Å². The van der Waals surface area contributed by atoms with Crippen LogP contribution in [0.2, 0.25) is 0 Å². The van der Waals surface area contributed by atoms with Gasteiger partial charge in [0.05, 0.1) is 6.42 Å². The second-order valence-corrected chi connectivity index (χ2v) is 4.76. The number of hydrogen-bond donors (Lipinski definition) is 3. The van der Waals surface area contributed by atoms with Gasteiger partial charge in [0.2, 0.25) is 5.91 Å². The molecule has 0 bridgehead atoms. The molecule has 0 radical (unpaired) electrons. The highest BCUT2D eigenvalue weighted by atomic mass is 16.4. The third kappa shape index (κ3) is 4.79. The van der Waals surface area contributed by atoms with Crippen molar-refractivity contribution < 1.29 is 14.7 Å². The molecule has 0 spiro atoms. The third-order valence-corrected chi connectivity index (χ3v) is 2.94. The Morgan fingerprint density at radius 3 is 2.27 bits per heavy atom. The van der Waals surface area contributed by atoms with E-state index in [1.807, 2.05) is 12.1 Å². The Hall–Kier alpha value is -3.08. The van der Waals surface area contributed by atoms with E-state index in [1.54, 1.807) is 42.5 Å². The number of carboxylic acid groups (broad SMARTS) is 1. The first kappa shape index (κ1) is 15.3. The minimum absolute atomic E-state index is 0.0364. The Morgan fingerprint density at radius 1 is 1.05 bits per heavy atom. The lowest BCUT2D eigenvalue weighted by Gasteiger charge is -2.03. The smallest absolute Gasteiger partial charge is 0.307 e.